The summed E-state index contributed by atoms with van der Waals surface area (Å²) in [4.78, 5) is 0. The summed E-state index contributed by atoms with van der Waals surface area (Å²) in [6.45, 7) is 2.72. The van der Waals surface area contributed by atoms with E-state index in [0.29, 0.717) is 12.5 Å². The standard InChI is InChI=1S/C17H26O3/c1-2-5-17(19)14-7-4-9-16(11-14)20-12-13-6-3-8-15(18)10-13/h4,7,9,11,13,15,17-19H,2-3,5-6,8,10,12H2,1H3. The van der Waals surface area contributed by atoms with E-state index in [2.05, 4.69) is 6.92 Å². The molecule has 3 atom stereocenters. The minimum atomic E-state index is -0.403. The predicted molar refractivity (Wildman–Crippen MR) is 79.8 cm³/mol. The van der Waals surface area contributed by atoms with Crippen molar-refractivity contribution in [3.63, 3.8) is 0 Å². The zero-order valence-electron chi connectivity index (χ0n) is 12.3. The summed E-state index contributed by atoms with van der Waals surface area (Å²) in [5, 5.41) is 19.7. The van der Waals surface area contributed by atoms with Crippen LogP contribution in [-0.4, -0.2) is 22.9 Å². The Labute approximate surface area is 121 Å². The number of ether oxygens (including phenoxy) is 1. The van der Waals surface area contributed by atoms with Gasteiger partial charge in [0.05, 0.1) is 18.8 Å². The maximum absolute atomic E-state index is 10.0. The van der Waals surface area contributed by atoms with Crippen molar-refractivity contribution in [2.24, 2.45) is 5.92 Å². The van der Waals surface area contributed by atoms with Crippen molar-refractivity contribution in [3.05, 3.63) is 29.8 Å². The van der Waals surface area contributed by atoms with Gasteiger partial charge in [-0.25, -0.2) is 0 Å². The third-order valence-electron chi connectivity index (χ3n) is 4.05. The molecule has 1 fully saturated rings. The van der Waals surface area contributed by atoms with Crippen LogP contribution in [0.3, 0.4) is 0 Å². The number of hydrogen-bond donors (Lipinski definition) is 2. The Morgan fingerprint density at radius 3 is 2.95 bits per heavy atom. The number of hydrogen-bond acceptors (Lipinski definition) is 3. The molecule has 3 unspecified atom stereocenters. The van der Waals surface area contributed by atoms with E-state index < -0.39 is 6.10 Å². The van der Waals surface area contributed by atoms with Gasteiger partial charge in [-0.3, -0.25) is 0 Å². The minimum absolute atomic E-state index is 0.157. The van der Waals surface area contributed by atoms with Crippen molar-refractivity contribution >= 4 is 0 Å². The molecule has 1 saturated carbocycles. The second-order valence-electron chi connectivity index (χ2n) is 5.87. The second-order valence-corrected chi connectivity index (χ2v) is 5.87. The molecule has 3 nitrogen and oxygen atoms in total. The maximum Gasteiger partial charge on any atom is 0.119 e. The van der Waals surface area contributed by atoms with Crippen LogP contribution in [0.4, 0.5) is 0 Å². The molecule has 1 aromatic carbocycles. The van der Waals surface area contributed by atoms with Gasteiger partial charge < -0.3 is 14.9 Å². The Kier molecular flexibility index (Phi) is 5.86. The first kappa shape index (κ1) is 15.3. The largest absolute Gasteiger partial charge is 0.493 e. The first-order valence-corrected chi connectivity index (χ1v) is 7.78. The monoisotopic (exact) mass is 278 g/mol. The predicted octanol–water partition coefficient (Wildman–Crippen LogP) is 3.45. The van der Waals surface area contributed by atoms with Gasteiger partial charge in [0, 0.05) is 0 Å². The second kappa shape index (κ2) is 7.65. The van der Waals surface area contributed by atoms with Gasteiger partial charge in [0.1, 0.15) is 5.75 Å². The normalized spacial score (nSPS) is 24.4. The van der Waals surface area contributed by atoms with Gasteiger partial charge in [-0.15, -0.1) is 0 Å². The molecular formula is C17H26O3. The molecule has 2 rings (SSSR count). The van der Waals surface area contributed by atoms with E-state index in [1.165, 1.54) is 0 Å². The number of aliphatic hydroxyl groups is 2. The van der Waals surface area contributed by atoms with Crippen LogP contribution in [-0.2, 0) is 0 Å². The quantitative estimate of drug-likeness (QED) is 0.838. The molecule has 0 aliphatic heterocycles. The fourth-order valence-corrected chi connectivity index (χ4v) is 2.88. The molecule has 0 bridgehead atoms. The average Bonchev–Trinajstić information content (AvgIpc) is 2.46. The summed E-state index contributed by atoms with van der Waals surface area (Å²) in [5.74, 6) is 1.26. The van der Waals surface area contributed by atoms with Crippen LogP contribution < -0.4 is 4.74 Å². The van der Waals surface area contributed by atoms with Crippen LogP contribution in [0.1, 0.15) is 57.1 Å². The van der Waals surface area contributed by atoms with Crippen LogP contribution in [0, 0.1) is 5.92 Å². The van der Waals surface area contributed by atoms with Gasteiger partial charge in [0.15, 0.2) is 0 Å². The smallest absolute Gasteiger partial charge is 0.119 e. The van der Waals surface area contributed by atoms with Gasteiger partial charge in [0.25, 0.3) is 0 Å². The molecule has 2 N–H and O–H groups in total. The lowest BCUT2D eigenvalue weighted by Gasteiger charge is -2.25. The highest BCUT2D eigenvalue weighted by molar-refractivity contribution is 5.29. The summed E-state index contributed by atoms with van der Waals surface area (Å²) in [7, 11) is 0. The number of rotatable bonds is 6. The van der Waals surface area contributed by atoms with Crippen molar-refractivity contribution < 1.29 is 14.9 Å². The van der Waals surface area contributed by atoms with Gasteiger partial charge in [-0.05, 0) is 49.3 Å². The summed E-state index contributed by atoms with van der Waals surface area (Å²) in [6.07, 6.45) is 5.17. The summed E-state index contributed by atoms with van der Waals surface area (Å²) >= 11 is 0. The van der Waals surface area contributed by atoms with Crippen molar-refractivity contribution in [1.29, 1.82) is 0 Å². The topological polar surface area (TPSA) is 49.7 Å². The molecule has 1 aliphatic rings. The molecule has 0 heterocycles. The van der Waals surface area contributed by atoms with Gasteiger partial charge in [-0.2, -0.15) is 0 Å². The lowest BCUT2D eigenvalue weighted by molar-refractivity contribution is 0.0808. The first-order valence-electron chi connectivity index (χ1n) is 7.78. The zero-order valence-corrected chi connectivity index (χ0v) is 12.3. The Morgan fingerprint density at radius 1 is 1.35 bits per heavy atom. The first-order chi connectivity index (χ1) is 9.69. The lowest BCUT2D eigenvalue weighted by atomic mass is 9.88. The number of aliphatic hydroxyl groups excluding tert-OH is 2. The van der Waals surface area contributed by atoms with Crippen LogP contribution >= 0.6 is 0 Å². The SMILES string of the molecule is CCCC(O)c1cccc(OCC2CCCC(O)C2)c1. The number of benzene rings is 1. The minimum Gasteiger partial charge on any atom is -0.493 e. The van der Waals surface area contributed by atoms with E-state index in [1.54, 1.807) is 0 Å². The molecule has 0 aromatic heterocycles. The molecule has 3 heteroatoms. The van der Waals surface area contributed by atoms with E-state index in [0.717, 1.165) is 49.8 Å². The Balaban J connectivity index is 1.87. The average molecular weight is 278 g/mol. The molecule has 0 saturated heterocycles. The van der Waals surface area contributed by atoms with Crippen molar-refractivity contribution in [2.45, 2.75) is 57.7 Å². The van der Waals surface area contributed by atoms with Crippen LogP contribution in [0.25, 0.3) is 0 Å². The van der Waals surface area contributed by atoms with E-state index in [9.17, 15) is 10.2 Å². The highest BCUT2D eigenvalue weighted by Crippen LogP contribution is 2.26. The summed E-state index contributed by atoms with van der Waals surface area (Å²) in [6, 6.07) is 7.73. The fraction of sp³-hybridized carbons (Fsp3) is 0.647. The zero-order chi connectivity index (χ0) is 14.4. The Morgan fingerprint density at radius 2 is 2.20 bits per heavy atom. The molecule has 0 spiro atoms. The van der Waals surface area contributed by atoms with E-state index in [-0.39, 0.29) is 6.10 Å². The van der Waals surface area contributed by atoms with Crippen molar-refractivity contribution in [3.8, 4) is 5.75 Å². The molecule has 0 radical (unpaired) electrons. The van der Waals surface area contributed by atoms with E-state index in [1.807, 2.05) is 24.3 Å². The third-order valence-corrected chi connectivity index (χ3v) is 4.05. The van der Waals surface area contributed by atoms with E-state index in [4.69, 9.17) is 4.74 Å². The molecule has 20 heavy (non-hydrogen) atoms. The van der Waals surface area contributed by atoms with Crippen molar-refractivity contribution in [2.75, 3.05) is 6.61 Å². The highest BCUT2D eigenvalue weighted by atomic mass is 16.5. The summed E-state index contributed by atoms with van der Waals surface area (Å²) < 4.78 is 5.84. The highest BCUT2D eigenvalue weighted by Gasteiger charge is 2.20. The van der Waals surface area contributed by atoms with Gasteiger partial charge in [0.2, 0.25) is 0 Å². The molecule has 1 aromatic rings. The van der Waals surface area contributed by atoms with Gasteiger partial charge >= 0.3 is 0 Å². The van der Waals surface area contributed by atoms with E-state index >= 15 is 0 Å². The molecule has 0 amide bonds. The third kappa shape index (κ3) is 4.50. The summed E-state index contributed by atoms with van der Waals surface area (Å²) in [5.41, 5.74) is 0.924. The van der Waals surface area contributed by atoms with Crippen LogP contribution in [0.5, 0.6) is 5.75 Å². The van der Waals surface area contributed by atoms with Crippen LogP contribution in [0.15, 0.2) is 24.3 Å². The Hall–Kier alpha value is -1.06. The molecular weight excluding hydrogens is 252 g/mol. The maximum atomic E-state index is 10.0. The fourth-order valence-electron chi connectivity index (χ4n) is 2.88. The lowest BCUT2D eigenvalue weighted by Crippen LogP contribution is -2.24. The van der Waals surface area contributed by atoms with Crippen molar-refractivity contribution in [1.82, 2.24) is 0 Å². The molecule has 1 aliphatic carbocycles. The van der Waals surface area contributed by atoms with Gasteiger partial charge in [-0.1, -0.05) is 31.9 Å². The molecule has 112 valence electrons. The van der Waals surface area contributed by atoms with Crippen LogP contribution in [0.2, 0.25) is 0 Å². The Bertz CT molecular complexity index is 405.